The summed E-state index contributed by atoms with van der Waals surface area (Å²) in [5.74, 6) is 2.84. The van der Waals surface area contributed by atoms with Crippen LogP contribution in [-0.4, -0.2) is 9.55 Å². The van der Waals surface area contributed by atoms with Crippen LogP contribution in [0.2, 0.25) is 0 Å². The molecule has 2 aromatic rings. The minimum absolute atomic E-state index is 0.756. The zero-order chi connectivity index (χ0) is 11.8. The Kier molecular flexibility index (Phi) is 2.82. The van der Waals surface area contributed by atoms with Gasteiger partial charge in [-0.05, 0) is 46.8 Å². The highest BCUT2D eigenvalue weighted by Crippen LogP contribution is 2.28. The first-order valence-electron chi connectivity index (χ1n) is 6.00. The summed E-state index contributed by atoms with van der Waals surface area (Å²) in [6, 6.07) is 3.92. The second kappa shape index (κ2) is 4.33. The lowest BCUT2D eigenvalue weighted by molar-refractivity contribution is 0.406. The molecular formula is C13H15BrN2O. The number of nitrogens with zero attached hydrogens (tertiary/aromatic N) is 2. The molecule has 3 rings (SSSR count). The molecule has 0 bridgehead atoms. The van der Waals surface area contributed by atoms with E-state index in [0.717, 1.165) is 41.5 Å². The van der Waals surface area contributed by atoms with E-state index in [-0.39, 0.29) is 0 Å². The Hall–Kier alpha value is -1.03. The van der Waals surface area contributed by atoms with E-state index in [0.29, 0.717) is 0 Å². The second-order valence-electron chi connectivity index (χ2n) is 4.77. The summed E-state index contributed by atoms with van der Waals surface area (Å²) in [5, 5.41) is 0. The van der Waals surface area contributed by atoms with E-state index in [1.54, 1.807) is 6.26 Å². The molecule has 0 saturated carbocycles. The molecule has 4 heteroatoms. The standard InChI is InChI=1S/C13H15BrN2O/c1-9-4-5-16-11(7-9)13(14)15-12(16)8-10-3-2-6-17-10/h2-3,6,9H,4-5,7-8H2,1H3. The summed E-state index contributed by atoms with van der Waals surface area (Å²) >= 11 is 3.57. The SMILES string of the molecule is CC1CCn2c(Cc3ccco3)nc(Br)c2C1. The summed E-state index contributed by atoms with van der Waals surface area (Å²) in [6.07, 6.45) is 4.85. The number of fused-ring (bicyclic) bond motifs is 1. The summed E-state index contributed by atoms with van der Waals surface area (Å²) in [4.78, 5) is 4.62. The van der Waals surface area contributed by atoms with Crippen LogP contribution in [0.25, 0.3) is 0 Å². The molecule has 90 valence electrons. The third-order valence-electron chi connectivity index (χ3n) is 3.40. The average Bonchev–Trinajstić information content (AvgIpc) is 2.89. The fourth-order valence-corrected chi connectivity index (χ4v) is 3.03. The molecule has 0 fully saturated rings. The number of halogens is 1. The van der Waals surface area contributed by atoms with Crippen molar-refractivity contribution >= 4 is 15.9 Å². The Labute approximate surface area is 109 Å². The number of furan rings is 1. The molecule has 1 aliphatic rings. The van der Waals surface area contributed by atoms with Gasteiger partial charge in [0.25, 0.3) is 0 Å². The zero-order valence-corrected chi connectivity index (χ0v) is 11.4. The van der Waals surface area contributed by atoms with Crippen LogP contribution in [0.4, 0.5) is 0 Å². The lowest BCUT2D eigenvalue weighted by atomic mass is 9.98. The van der Waals surface area contributed by atoms with E-state index < -0.39 is 0 Å². The van der Waals surface area contributed by atoms with Gasteiger partial charge in [-0.3, -0.25) is 0 Å². The van der Waals surface area contributed by atoms with Crippen LogP contribution < -0.4 is 0 Å². The maximum atomic E-state index is 5.39. The zero-order valence-electron chi connectivity index (χ0n) is 9.82. The van der Waals surface area contributed by atoms with Gasteiger partial charge in [-0.1, -0.05) is 6.92 Å². The maximum Gasteiger partial charge on any atom is 0.127 e. The van der Waals surface area contributed by atoms with E-state index in [4.69, 9.17) is 4.42 Å². The molecule has 3 heterocycles. The molecule has 0 aliphatic carbocycles. The van der Waals surface area contributed by atoms with Crippen molar-refractivity contribution < 1.29 is 4.42 Å². The van der Waals surface area contributed by atoms with Crippen LogP contribution in [-0.2, 0) is 19.4 Å². The third kappa shape index (κ3) is 2.06. The van der Waals surface area contributed by atoms with Gasteiger partial charge >= 0.3 is 0 Å². The normalized spacial score (nSPS) is 19.3. The van der Waals surface area contributed by atoms with Crippen molar-refractivity contribution in [1.82, 2.24) is 9.55 Å². The lowest BCUT2D eigenvalue weighted by Gasteiger charge is -2.21. The minimum atomic E-state index is 0.756. The van der Waals surface area contributed by atoms with Crippen molar-refractivity contribution in [3.63, 3.8) is 0 Å². The molecule has 0 amide bonds. The van der Waals surface area contributed by atoms with Crippen molar-refractivity contribution in [3.8, 4) is 0 Å². The number of hydrogen-bond acceptors (Lipinski definition) is 2. The predicted molar refractivity (Wildman–Crippen MR) is 68.9 cm³/mol. The van der Waals surface area contributed by atoms with Crippen LogP contribution >= 0.6 is 15.9 Å². The van der Waals surface area contributed by atoms with Gasteiger partial charge in [-0.25, -0.2) is 4.98 Å². The van der Waals surface area contributed by atoms with Crippen LogP contribution in [0.5, 0.6) is 0 Å². The van der Waals surface area contributed by atoms with Gasteiger partial charge in [-0.15, -0.1) is 0 Å². The molecule has 3 nitrogen and oxygen atoms in total. The molecule has 1 atom stereocenters. The van der Waals surface area contributed by atoms with Crippen molar-refractivity contribution in [2.45, 2.75) is 32.7 Å². The summed E-state index contributed by atoms with van der Waals surface area (Å²) in [7, 11) is 0. The lowest BCUT2D eigenvalue weighted by Crippen LogP contribution is -2.18. The second-order valence-corrected chi connectivity index (χ2v) is 5.52. The Balaban J connectivity index is 1.93. The van der Waals surface area contributed by atoms with Crippen LogP contribution in [0.3, 0.4) is 0 Å². The van der Waals surface area contributed by atoms with E-state index in [1.807, 2.05) is 12.1 Å². The van der Waals surface area contributed by atoms with Gasteiger partial charge in [0, 0.05) is 6.54 Å². The highest BCUT2D eigenvalue weighted by Gasteiger charge is 2.22. The van der Waals surface area contributed by atoms with Crippen LogP contribution in [0.1, 0.15) is 30.6 Å². The quantitative estimate of drug-likeness (QED) is 0.850. The predicted octanol–water partition coefficient (Wildman–Crippen LogP) is 3.41. The fraction of sp³-hybridized carbons (Fsp3) is 0.462. The maximum absolute atomic E-state index is 5.39. The van der Waals surface area contributed by atoms with Gasteiger partial charge in [0.05, 0.1) is 18.4 Å². The van der Waals surface area contributed by atoms with Gasteiger partial charge in [0.15, 0.2) is 0 Å². The van der Waals surface area contributed by atoms with E-state index in [2.05, 4.69) is 32.4 Å². The van der Waals surface area contributed by atoms with Gasteiger partial charge in [0.2, 0.25) is 0 Å². The van der Waals surface area contributed by atoms with E-state index >= 15 is 0 Å². The van der Waals surface area contributed by atoms with Crippen molar-refractivity contribution in [2.24, 2.45) is 5.92 Å². The Morgan fingerprint density at radius 2 is 2.47 bits per heavy atom. The highest BCUT2D eigenvalue weighted by molar-refractivity contribution is 9.10. The smallest absolute Gasteiger partial charge is 0.127 e. The molecule has 1 unspecified atom stereocenters. The van der Waals surface area contributed by atoms with E-state index in [9.17, 15) is 0 Å². The molecule has 0 radical (unpaired) electrons. The molecule has 0 spiro atoms. The van der Waals surface area contributed by atoms with E-state index in [1.165, 1.54) is 12.1 Å². The van der Waals surface area contributed by atoms with Gasteiger partial charge < -0.3 is 8.98 Å². The topological polar surface area (TPSA) is 31.0 Å². The molecule has 0 saturated heterocycles. The minimum Gasteiger partial charge on any atom is -0.469 e. The average molecular weight is 295 g/mol. The molecular weight excluding hydrogens is 280 g/mol. The first-order valence-corrected chi connectivity index (χ1v) is 6.79. The molecule has 2 aromatic heterocycles. The number of imidazole rings is 1. The summed E-state index contributed by atoms with van der Waals surface area (Å²) in [5.41, 5.74) is 1.34. The molecule has 1 aliphatic heterocycles. The third-order valence-corrected chi connectivity index (χ3v) is 4.04. The number of hydrogen-bond donors (Lipinski definition) is 0. The largest absolute Gasteiger partial charge is 0.469 e. The van der Waals surface area contributed by atoms with Crippen molar-refractivity contribution in [2.75, 3.05) is 0 Å². The summed E-state index contributed by atoms with van der Waals surface area (Å²) in [6.45, 7) is 3.38. The number of aromatic nitrogens is 2. The molecule has 0 aromatic carbocycles. The highest BCUT2D eigenvalue weighted by atomic mass is 79.9. The molecule has 17 heavy (non-hydrogen) atoms. The van der Waals surface area contributed by atoms with Crippen molar-refractivity contribution in [1.29, 1.82) is 0 Å². The van der Waals surface area contributed by atoms with Crippen LogP contribution in [0, 0.1) is 5.92 Å². The Bertz CT molecular complexity index is 516. The van der Waals surface area contributed by atoms with Crippen molar-refractivity contribution in [3.05, 3.63) is 40.3 Å². The Morgan fingerprint density at radius 1 is 1.59 bits per heavy atom. The fourth-order valence-electron chi connectivity index (χ4n) is 2.45. The first kappa shape index (κ1) is 11.1. The van der Waals surface area contributed by atoms with Gasteiger partial charge in [0.1, 0.15) is 16.2 Å². The van der Waals surface area contributed by atoms with Gasteiger partial charge in [-0.2, -0.15) is 0 Å². The monoisotopic (exact) mass is 294 g/mol. The number of rotatable bonds is 2. The molecule has 0 N–H and O–H groups in total. The first-order chi connectivity index (χ1) is 8.24. The van der Waals surface area contributed by atoms with Crippen LogP contribution in [0.15, 0.2) is 27.4 Å². The Morgan fingerprint density at radius 3 is 3.24 bits per heavy atom. The summed E-state index contributed by atoms with van der Waals surface area (Å²) < 4.78 is 8.74.